The smallest absolute Gasteiger partial charge is 0.255 e. The van der Waals surface area contributed by atoms with E-state index in [0.717, 1.165) is 30.9 Å². The monoisotopic (exact) mass is 458 g/mol. The zero-order valence-electron chi connectivity index (χ0n) is 19.5. The van der Waals surface area contributed by atoms with E-state index in [4.69, 9.17) is 4.74 Å². The summed E-state index contributed by atoms with van der Waals surface area (Å²) in [6.07, 6.45) is 2.14. The van der Waals surface area contributed by atoms with Crippen LogP contribution in [0.5, 0.6) is 0 Å². The topological polar surface area (TPSA) is 83.6 Å². The molecule has 2 N–H and O–H groups in total. The molecule has 0 aliphatic carbocycles. The molecule has 34 heavy (non-hydrogen) atoms. The van der Waals surface area contributed by atoms with Crippen LogP contribution in [0.3, 0.4) is 0 Å². The number of amides is 2. The van der Waals surface area contributed by atoms with Gasteiger partial charge in [-0.05, 0) is 61.9 Å². The van der Waals surface area contributed by atoms with E-state index in [9.17, 15) is 9.59 Å². The van der Waals surface area contributed by atoms with Crippen molar-refractivity contribution < 1.29 is 14.3 Å². The zero-order chi connectivity index (χ0) is 23.9. The summed E-state index contributed by atoms with van der Waals surface area (Å²) in [5.41, 5.74) is 3.54. The maximum absolute atomic E-state index is 12.7. The highest BCUT2D eigenvalue weighted by Gasteiger charge is 2.22. The van der Waals surface area contributed by atoms with Crippen molar-refractivity contribution in [2.45, 2.75) is 39.1 Å². The van der Waals surface area contributed by atoms with Crippen LogP contribution in [0.2, 0.25) is 0 Å². The van der Waals surface area contributed by atoms with Gasteiger partial charge in [-0.15, -0.1) is 0 Å². The Morgan fingerprint density at radius 1 is 0.941 bits per heavy atom. The molecule has 2 atom stereocenters. The maximum atomic E-state index is 12.7. The van der Waals surface area contributed by atoms with Gasteiger partial charge in [0.25, 0.3) is 11.8 Å². The van der Waals surface area contributed by atoms with E-state index in [1.807, 2.05) is 42.5 Å². The van der Waals surface area contributed by atoms with Crippen molar-refractivity contribution in [1.82, 2.24) is 15.2 Å². The highest BCUT2D eigenvalue weighted by molar-refractivity contribution is 6.05. The van der Waals surface area contributed by atoms with Gasteiger partial charge >= 0.3 is 0 Å². The third-order valence-corrected chi connectivity index (χ3v) is 5.66. The fourth-order valence-electron chi connectivity index (χ4n) is 4.15. The zero-order valence-corrected chi connectivity index (χ0v) is 19.5. The number of benzene rings is 2. The Morgan fingerprint density at radius 2 is 1.71 bits per heavy atom. The molecule has 7 nitrogen and oxygen atoms in total. The Kier molecular flexibility index (Phi) is 7.67. The molecule has 0 saturated carbocycles. The average Bonchev–Trinajstić information content (AvgIpc) is 2.83. The molecule has 0 radical (unpaired) electrons. The first-order valence-corrected chi connectivity index (χ1v) is 11.5. The average molecular weight is 459 g/mol. The fourth-order valence-corrected chi connectivity index (χ4v) is 4.15. The first-order chi connectivity index (χ1) is 16.5. The van der Waals surface area contributed by atoms with Gasteiger partial charge in [0, 0.05) is 42.6 Å². The predicted octanol–water partition coefficient (Wildman–Crippen LogP) is 3.87. The van der Waals surface area contributed by atoms with E-state index in [2.05, 4.69) is 34.4 Å². The van der Waals surface area contributed by atoms with Crippen LogP contribution in [0.25, 0.3) is 0 Å². The van der Waals surface area contributed by atoms with E-state index in [-0.39, 0.29) is 24.0 Å². The number of rotatable bonds is 7. The summed E-state index contributed by atoms with van der Waals surface area (Å²) in [4.78, 5) is 31.8. The van der Waals surface area contributed by atoms with E-state index >= 15 is 0 Å². The van der Waals surface area contributed by atoms with Crippen molar-refractivity contribution in [2.24, 2.45) is 0 Å². The number of morpholine rings is 1. The van der Waals surface area contributed by atoms with Crippen molar-refractivity contribution >= 4 is 17.5 Å². The molecule has 2 amide bonds. The van der Waals surface area contributed by atoms with Crippen molar-refractivity contribution in [3.8, 4) is 0 Å². The quantitative estimate of drug-likeness (QED) is 0.562. The normalized spacial score (nSPS) is 18.3. The van der Waals surface area contributed by atoms with Crippen LogP contribution in [-0.4, -0.2) is 47.0 Å². The molecule has 1 aliphatic heterocycles. The van der Waals surface area contributed by atoms with Crippen LogP contribution in [0, 0.1) is 0 Å². The minimum Gasteiger partial charge on any atom is -0.373 e. The summed E-state index contributed by atoms with van der Waals surface area (Å²) >= 11 is 0. The number of carbonyl (C=O) groups excluding carboxylic acids is 2. The Morgan fingerprint density at radius 3 is 2.41 bits per heavy atom. The van der Waals surface area contributed by atoms with Crippen LogP contribution < -0.4 is 10.6 Å². The van der Waals surface area contributed by atoms with Gasteiger partial charge in [0.15, 0.2) is 0 Å². The molecule has 1 fully saturated rings. The molecule has 1 aliphatic rings. The molecule has 3 aromatic rings. The Labute approximate surface area is 200 Å². The van der Waals surface area contributed by atoms with E-state index in [1.165, 1.54) is 0 Å². The second kappa shape index (κ2) is 11.0. The molecule has 2 aromatic carbocycles. The first-order valence-electron chi connectivity index (χ1n) is 11.5. The van der Waals surface area contributed by atoms with Gasteiger partial charge in [-0.3, -0.25) is 19.5 Å². The standard InChI is InChI=1S/C27H30N4O3/c1-19-16-31(17-20(2)34-19)18-21-9-11-22(12-10-21)27(33)30-24-8-5-6-23(14-24)26(32)29-15-25-7-3-4-13-28-25/h3-14,19-20H,15-18H2,1-2H3,(H,29,32)(H,30,33). The lowest BCUT2D eigenvalue weighted by atomic mass is 10.1. The SMILES string of the molecule is CC1CN(Cc2ccc(C(=O)Nc3cccc(C(=O)NCc4ccccn4)c3)cc2)CC(C)O1. The third kappa shape index (κ3) is 6.50. The van der Waals surface area contributed by atoms with Crippen molar-refractivity contribution in [3.05, 3.63) is 95.3 Å². The van der Waals surface area contributed by atoms with Crippen molar-refractivity contribution in [1.29, 1.82) is 0 Å². The van der Waals surface area contributed by atoms with Gasteiger partial charge in [-0.2, -0.15) is 0 Å². The summed E-state index contributed by atoms with van der Waals surface area (Å²) < 4.78 is 5.80. The molecule has 0 bridgehead atoms. The molecule has 1 aromatic heterocycles. The van der Waals surface area contributed by atoms with Gasteiger partial charge < -0.3 is 15.4 Å². The number of aromatic nitrogens is 1. The number of nitrogens with one attached hydrogen (secondary N) is 2. The van der Waals surface area contributed by atoms with Crippen molar-refractivity contribution in [3.63, 3.8) is 0 Å². The first kappa shape index (κ1) is 23.6. The van der Waals surface area contributed by atoms with Crippen LogP contribution in [0.4, 0.5) is 5.69 Å². The molecule has 2 unspecified atom stereocenters. The van der Waals surface area contributed by atoms with Gasteiger partial charge in [0.1, 0.15) is 0 Å². The van der Waals surface area contributed by atoms with Gasteiger partial charge in [-0.1, -0.05) is 24.3 Å². The predicted molar refractivity (Wildman–Crippen MR) is 132 cm³/mol. The van der Waals surface area contributed by atoms with Crippen LogP contribution in [0.15, 0.2) is 72.9 Å². The van der Waals surface area contributed by atoms with E-state index in [0.29, 0.717) is 23.4 Å². The Bertz CT molecular complexity index is 1110. The van der Waals surface area contributed by atoms with Gasteiger partial charge in [0.2, 0.25) is 0 Å². The molecule has 176 valence electrons. The molecular formula is C27H30N4O3. The highest BCUT2D eigenvalue weighted by atomic mass is 16.5. The second-order valence-electron chi connectivity index (χ2n) is 8.69. The number of hydrogen-bond donors (Lipinski definition) is 2. The Balaban J connectivity index is 1.33. The summed E-state index contributed by atoms with van der Waals surface area (Å²) in [7, 11) is 0. The molecule has 1 saturated heterocycles. The van der Waals surface area contributed by atoms with Gasteiger partial charge in [0.05, 0.1) is 24.4 Å². The minimum atomic E-state index is -0.224. The minimum absolute atomic E-state index is 0.216. The lowest BCUT2D eigenvalue weighted by molar-refractivity contribution is -0.0704. The van der Waals surface area contributed by atoms with Crippen LogP contribution in [0.1, 0.15) is 45.8 Å². The molecule has 7 heteroatoms. The second-order valence-corrected chi connectivity index (χ2v) is 8.69. The van der Waals surface area contributed by atoms with E-state index in [1.54, 1.807) is 30.5 Å². The lowest BCUT2D eigenvalue weighted by Crippen LogP contribution is -2.44. The van der Waals surface area contributed by atoms with E-state index < -0.39 is 0 Å². The number of nitrogens with zero attached hydrogens (tertiary/aromatic N) is 2. The molecular weight excluding hydrogens is 428 g/mol. The number of carbonyl (C=O) groups is 2. The summed E-state index contributed by atoms with van der Waals surface area (Å²) in [5, 5.41) is 5.73. The number of ether oxygens (including phenoxy) is 1. The Hall–Kier alpha value is -3.55. The van der Waals surface area contributed by atoms with Gasteiger partial charge in [-0.25, -0.2) is 0 Å². The molecule has 4 rings (SSSR count). The highest BCUT2D eigenvalue weighted by Crippen LogP contribution is 2.16. The number of anilines is 1. The summed E-state index contributed by atoms with van der Waals surface area (Å²) in [6, 6.07) is 20.1. The summed E-state index contributed by atoms with van der Waals surface area (Å²) in [6.45, 7) is 7.15. The van der Waals surface area contributed by atoms with Crippen LogP contribution in [-0.2, 0) is 17.8 Å². The summed E-state index contributed by atoms with van der Waals surface area (Å²) in [5.74, 6) is -0.441. The number of hydrogen-bond acceptors (Lipinski definition) is 5. The van der Waals surface area contributed by atoms with Crippen LogP contribution >= 0.6 is 0 Å². The molecule has 2 heterocycles. The lowest BCUT2D eigenvalue weighted by Gasteiger charge is -2.35. The largest absolute Gasteiger partial charge is 0.373 e. The maximum Gasteiger partial charge on any atom is 0.255 e. The fraction of sp³-hybridized carbons (Fsp3) is 0.296. The number of pyridine rings is 1. The van der Waals surface area contributed by atoms with Crippen molar-refractivity contribution in [2.75, 3.05) is 18.4 Å². The molecule has 0 spiro atoms. The third-order valence-electron chi connectivity index (χ3n) is 5.66.